The maximum Gasteiger partial charge on any atom is 0.256 e. The summed E-state index contributed by atoms with van der Waals surface area (Å²) in [4.78, 5) is 16.5. The van der Waals surface area contributed by atoms with E-state index in [1.54, 1.807) is 19.1 Å². The number of aromatic nitrogens is 2. The molecule has 2 heterocycles. The molecule has 3 aromatic rings. The van der Waals surface area contributed by atoms with Gasteiger partial charge in [-0.15, -0.1) is 0 Å². The number of carbonyl (C=O) groups is 1. The second kappa shape index (κ2) is 8.64. The van der Waals surface area contributed by atoms with Crippen LogP contribution >= 0.6 is 11.6 Å². The van der Waals surface area contributed by atoms with Crippen LogP contribution in [0.2, 0.25) is 5.02 Å². The van der Waals surface area contributed by atoms with E-state index in [-0.39, 0.29) is 33.2 Å². The Morgan fingerprint density at radius 1 is 1.29 bits per heavy atom. The standard InChI is InChI=1S/C20H19ClF2N4O3S/c1-11-4-3-5-25-18(11)16-9-15(20(24)28)19(27(16)10-17(22)23)12-6-13(21)8-14(7-12)26-31(2,29)30/h3-9,17,26H,10H2,1-2H3,(H2,24,28). The summed E-state index contributed by atoms with van der Waals surface area (Å²) in [5.41, 5.74) is 7.38. The first-order valence-corrected chi connectivity index (χ1v) is 11.3. The van der Waals surface area contributed by atoms with E-state index in [0.29, 0.717) is 11.3 Å². The maximum absolute atomic E-state index is 13.5. The average Bonchev–Trinajstić information content (AvgIpc) is 2.98. The lowest BCUT2D eigenvalue weighted by molar-refractivity contribution is 0.0999. The van der Waals surface area contributed by atoms with Crippen molar-refractivity contribution in [3.05, 3.63) is 58.7 Å². The number of amides is 1. The fraction of sp³-hybridized carbons (Fsp3) is 0.200. The molecule has 7 nitrogen and oxygen atoms in total. The Bertz CT molecular complexity index is 1260. The molecule has 0 saturated carbocycles. The molecule has 31 heavy (non-hydrogen) atoms. The Hall–Kier alpha value is -2.98. The molecule has 3 rings (SSSR count). The molecule has 164 valence electrons. The first-order valence-electron chi connectivity index (χ1n) is 8.98. The maximum atomic E-state index is 13.5. The fourth-order valence-electron chi connectivity index (χ4n) is 3.33. The molecule has 1 aromatic carbocycles. The highest BCUT2D eigenvalue weighted by molar-refractivity contribution is 7.92. The highest BCUT2D eigenvalue weighted by Crippen LogP contribution is 2.36. The van der Waals surface area contributed by atoms with E-state index in [2.05, 4.69) is 9.71 Å². The number of nitrogens with one attached hydrogen (secondary N) is 1. The molecule has 0 fully saturated rings. The van der Waals surface area contributed by atoms with Crippen molar-refractivity contribution in [1.29, 1.82) is 0 Å². The molecule has 2 aromatic heterocycles. The first-order chi connectivity index (χ1) is 14.5. The number of aryl methyl sites for hydroxylation is 1. The normalized spacial score (nSPS) is 11.7. The number of pyridine rings is 1. The third-order valence-corrected chi connectivity index (χ3v) is 5.23. The van der Waals surface area contributed by atoms with Gasteiger partial charge in [0.2, 0.25) is 10.0 Å². The summed E-state index contributed by atoms with van der Waals surface area (Å²) in [6, 6.07) is 9.06. The zero-order valence-corrected chi connectivity index (χ0v) is 18.1. The molecule has 0 aliphatic rings. The predicted octanol–water partition coefficient (Wildman–Crippen LogP) is 3.91. The molecule has 1 amide bonds. The minimum atomic E-state index is -3.63. The first kappa shape index (κ1) is 22.7. The minimum Gasteiger partial charge on any atom is -0.366 e. The summed E-state index contributed by atoms with van der Waals surface area (Å²) in [5.74, 6) is -0.838. The van der Waals surface area contributed by atoms with Crippen molar-refractivity contribution in [1.82, 2.24) is 9.55 Å². The van der Waals surface area contributed by atoms with Gasteiger partial charge in [0, 0.05) is 16.8 Å². The van der Waals surface area contributed by atoms with E-state index in [4.69, 9.17) is 17.3 Å². The van der Waals surface area contributed by atoms with Gasteiger partial charge in [0.25, 0.3) is 12.3 Å². The quantitative estimate of drug-likeness (QED) is 0.548. The number of benzene rings is 1. The average molecular weight is 469 g/mol. The van der Waals surface area contributed by atoms with Gasteiger partial charge >= 0.3 is 0 Å². The zero-order valence-electron chi connectivity index (χ0n) is 16.6. The summed E-state index contributed by atoms with van der Waals surface area (Å²) in [7, 11) is -3.63. The molecule has 0 unspecified atom stereocenters. The predicted molar refractivity (Wildman–Crippen MR) is 116 cm³/mol. The lowest BCUT2D eigenvalue weighted by atomic mass is 10.1. The van der Waals surface area contributed by atoms with E-state index in [0.717, 1.165) is 6.26 Å². The van der Waals surface area contributed by atoms with Crippen LogP contribution < -0.4 is 10.5 Å². The molecule has 0 radical (unpaired) electrons. The van der Waals surface area contributed by atoms with Crippen molar-refractivity contribution in [2.45, 2.75) is 19.9 Å². The Balaban J connectivity index is 2.34. The van der Waals surface area contributed by atoms with Crippen molar-refractivity contribution in [2.75, 3.05) is 11.0 Å². The molecule has 0 spiro atoms. The van der Waals surface area contributed by atoms with Gasteiger partial charge in [-0.1, -0.05) is 17.7 Å². The highest BCUT2D eigenvalue weighted by atomic mass is 35.5. The molecule has 3 N–H and O–H groups in total. The van der Waals surface area contributed by atoms with Crippen molar-refractivity contribution in [3.8, 4) is 22.6 Å². The monoisotopic (exact) mass is 468 g/mol. The van der Waals surface area contributed by atoms with Crippen LogP contribution in [0.25, 0.3) is 22.6 Å². The number of alkyl halides is 2. The summed E-state index contributed by atoms with van der Waals surface area (Å²) < 4.78 is 53.9. The van der Waals surface area contributed by atoms with Crippen LogP contribution in [-0.4, -0.2) is 36.6 Å². The number of rotatable bonds is 7. The summed E-state index contributed by atoms with van der Waals surface area (Å²) in [5, 5.41) is 0.138. The molecule has 0 aliphatic carbocycles. The molecule has 0 aliphatic heterocycles. The third kappa shape index (κ3) is 5.20. The molecule has 0 saturated heterocycles. The van der Waals surface area contributed by atoms with Crippen LogP contribution in [0.5, 0.6) is 0 Å². The largest absolute Gasteiger partial charge is 0.366 e. The van der Waals surface area contributed by atoms with Crippen LogP contribution in [0.1, 0.15) is 15.9 Å². The Morgan fingerprint density at radius 3 is 2.58 bits per heavy atom. The SMILES string of the molecule is Cc1cccnc1-c1cc(C(N)=O)c(-c2cc(Cl)cc(NS(C)(=O)=O)c2)n1CC(F)F. The lowest BCUT2D eigenvalue weighted by Gasteiger charge is -2.16. The molecular formula is C20H19ClF2N4O3S. The zero-order chi connectivity index (χ0) is 22.9. The second-order valence-corrected chi connectivity index (χ2v) is 9.11. The Kier molecular flexibility index (Phi) is 6.33. The highest BCUT2D eigenvalue weighted by Gasteiger charge is 2.25. The van der Waals surface area contributed by atoms with Crippen LogP contribution in [0.4, 0.5) is 14.5 Å². The van der Waals surface area contributed by atoms with Crippen LogP contribution in [-0.2, 0) is 16.6 Å². The molecule has 11 heteroatoms. The van der Waals surface area contributed by atoms with E-state index < -0.39 is 28.9 Å². The lowest BCUT2D eigenvalue weighted by Crippen LogP contribution is -2.15. The number of anilines is 1. The number of nitrogens with two attached hydrogens (primary N) is 1. The fourth-order valence-corrected chi connectivity index (χ4v) is 4.11. The van der Waals surface area contributed by atoms with E-state index in [1.807, 2.05) is 0 Å². The Morgan fingerprint density at radius 2 is 2.00 bits per heavy atom. The minimum absolute atomic E-state index is 0.0201. The van der Waals surface area contributed by atoms with E-state index >= 15 is 0 Å². The number of carbonyl (C=O) groups excluding carboxylic acids is 1. The number of sulfonamides is 1. The number of hydrogen-bond donors (Lipinski definition) is 2. The van der Waals surface area contributed by atoms with Crippen LogP contribution in [0.3, 0.4) is 0 Å². The van der Waals surface area contributed by atoms with Crippen molar-refractivity contribution in [3.63, 3.8) is 0 Å². The van der Waals surface area contributed by atoms with E-state index in [9.17, 15) is 22.0 Å². The van der Waals surface area contributed by atoms with Gasteiger partial charge < -0.3 is 10.3 Å². The van der Waals surface area contributed by atoms with Crippen molar-refractivity contribution in [2.24, 2.45) is 5.73 Å². The number of primary amides is 1. The van der Waals surface area contributed by atoms with Crippen molar-refractivity contribution < 1.29 is 22.0 Å². The third-order valence-electron chi connectivity index (χ3n) is 4.41. The van der Waals surface area contributed by atoms with Gasteiger partial charge in [0.05, 0.1) is 41.1 Å². The number of nitrogens with zero attached hydrogens (tertiary/aromatic N) is 2. The van der Waals surface area contributed by atoms with Gasteiger partial charge in [-0.25, -0.2) is 17.2 Å². The van der Waals surface area contributed by atoms with Crippen LogP contribution in [0, 0.1) is 6.92 Å². The summed E-state index contributed by atoms with van der Waals surface area (Å²) in [6.07, 6.45) is -0.272. The van der Waals surface area contributed by atoms with E-state index in [1.165, 1.54) is 35.0 Å². The summed E-state index contributed by atoms with van der Waals surface area (Å²) in [6.45, 7) is 1.02. The number of hydrogen-bond acceptors (Lipinski definition) is 4. The number of halogens is 3. The van der Waals surface area contributed by atoms with Gasteiger partial charge in [-0.05, 0) is 42.8 Å². The van der Waals surface area contributed by atoms with Gasteiger partial charge in [0.1, 0.15) is 0 Å². The second-order valence-electron chi connectivity index (χ2n) is 6.93. The van der Waals surface area contributed by atoms with Crippen LogP contribution in [0.15, 0.2) is 42.6 Å². The topological polar surface area (TPSA) is 107 Å². The molecule has 0 bridgehead atoms. The van der Waals surface area contributed by atoms with Gasteiger partial charge in [0.15, 0.2) is 0 Å². The summed E-state index contributed by atoms with van der Waals surface area (Å²) >= 11 is 6.15. The van der Waals surface area contributed by atoms with Gasteiger partial charge in [-0.2, -0.15) is 0 Å². The molecule has 0 atom stereocenters. The van der Waals surface area contributed by atoms with Crippen molar-refractivity contribution >= 4 is 33.2 Å². The molecular weight excluding hydrogens is 450 g/mol. The smallest absolute Gasteiger partial charge is 0.256 e. The van der Waals surface area contributed by atoms with Gasteiger partial charge in [-0.3, -0.25) is 14.5 Å². The Labute approximate surface area is 182 Å².